The van der Waals surface area contributed by atoms with Gasteiger partial charge in [-0.1, -0.05) is 0 Å². The van der Waals surface area contributed by atoms with Crippen molar-refractivity contribution in [2.24, 2.45) is 0 Å². The maximum atomic E-state index is 12.8. The molecule has 2 aromatic rings. The summed E-state index contributed by atoms with van der Waals surface area (Å²) in [5.41, 5.74) is 0.434. The molecule has 0 aliphatic rings. The van der Waals surface area contributed by atoms with Crippen LogP contribution in [0, 0.1) is 12.9 Å². The minimum atomic E-state index is -2.66. The average molecular weight is 239 g/mol. The standard InChI is InChI=1S/C11H8F3N3/c1-6-7(2-3-9(12)16-6)11-15-5-4-8(17-11)10(13)14/h2-5,10H,1H3. The molecule has 0 atom stereocenters. The smallest absolute Gasteiger partial charge is 0.237 e. The van der Waals surface area contributed by atoms with Crippen molar-refractivity contribution in [2.75, 3.05) is 0 Å². The first kappa shape index (κ1) is 11.5. The van der Waals surface area contributed by atoms with E-state index in [1.807, 2.05) is 0 Å². The highest BCUT2D eigenvalue weighted by molar-refractivity contribution is 5.57. The fourth-order valence-corrected chi connectivity index (χ4v) is 1.39. The summed E-state index contributed by atoms with van der Waals surface area (Å²) in [6.45, 7) is 1.57. The van der Waals surface area contributed by atoms with Gasteiger partial charge in [0.25, 0.3) is 6.43 Å². The molecule has 0 saturated carbocycles. The molecule has 2 heterocycles. The van der Waals surface area contributed by atoms with Crippen LogP contribution in [0.5, 0.6) is 0 Å². The normalized spacial score (nSPS) is 10.9. The van der Waals surface area contributed by atoms with Crippen LogP contribution in [0.15, 0.2) is 24.4 Å². The molecule has 3 nitrogen and oxygen atoms in total. The molecule has 0 bridgehead atoms. The van der Waals surface area contributed by atoms with Crippen LogP contribution in [-0.2, 0) is 0 Å². The molecule has 0 aromatic carbocycles. The van der Waals surface area contributed by atoms with Gasteiger partial charge in [-0.05, 0) is 25.1 Å². The van der Waals surface area contributed by atoms with Crippen LogP contribution in [0.2, 0.25) is 0 Å². The first-order chi connectivity index (χ1) is 8.08. The van der Waals surface area contributed by atoms with Crippen LogP contribution in [-0.4, -0.2) is 15.0 Å². The first-order valence-electron chi connectivity index (χ1n) is 4.82. The zero-order chi connectivity index (χ0) is 12.4. The van der Waals surface area contributed by atoms with Crippen LogP contribution < -0.4 is 0 Å². The Balaban J connectivity index is 2.49. The zero-order valence-electron chi connectivity index (χ0n) is 8.86. The van der Waals surface area contributed by atoms with E-state index in [-0.39, 0.29) is 11.5 Å². The van der Waals surface area contributed by atoms with Crippen molar-refractivity contribution in [3.05, 3.63) is 41.7 Å². The molecule has 17 heavy (non-hydrogen) atoms. The van der Waals surface area contributed by atoms with E-state index in [1.54, 1.807) is 6.92 Å². The van der Waals surface area contributed by atoms with Gasteiger partial charge in [-0.2, -0.15) is 4.39 Å². The fourth-order valence-electron chi connectivity index (χ4n) is 1.39. The Bertz CT molecular complexity index is 543. The average Bonchev–Trinajstić information content (AvgIpc) is 2.29. The predicted molar refractivity (Wildman–Crippen MR) is 54.9 cm³/mol. The van der Waals surface area contributed by atoms with Crippen molar-refractivity contribution in [3.8, 4) is 11.4 Å². The number of nitrogens with zero attached hydrogens (tertiary/aromatic N) is 3. The number of pyridine rings is 1. The van der Waals surface area contributed by atoms with Crippen molar-refractivity contribution in [1.29, 1.82) is 0 Å². The van der Waals surface area contributed by atoms with E-state index in [1.165, 1.54) is 12.3 Å². The highest BCUT2D eigenvalue weighted by atomic mass is 19.3. The van der Waals surface area contributed by atoms with Crippen molar-refractivity contribution >= 4 is 0 Å². The van der Waals surface area contributed by atoms with Gasteiger partial charge in [0.05, 0.1) is 5.69 Å². The molecule has 0 N–H and O–H groups in total. The largest absolute Gasteiger partial charge is 0.280 e. The molecule has 0 saturated heterocycles. The predicted octanol–water partition coefficient (Wildman–Crippen LogP) is 2.92. The Hall–Kier alpha value is -1.98. The maximum Gasteiger partial charge on any atom is 0.280 e. The molecule has 0 spiro atoms. The van der Waals surface area contributed by atoms with E-state index in [2.05, 4.69) is 15.0 Å². The SMILES string of the molecule is Cc1nc(F)ccc1-c1nccc(C(F)F)n1. The van der Waals surface area contributed by atoms with Crippen molar-refractivity contribution in [2.45, 2.75) is 13.3 Å². The molecule has 6 heteroatoms. The lowest BCUT2D eigenvalue weighted by Gasteiger charge is -2.05. The second-order valence-corrected chi connectivity index (χ2v) is 3.37. The summed E-state index contributed by atoms with van der Waals surface area (Å²) in [7, 11) is 0. The molecule has 0 aliphatic heterocycles. The minimum Gasteiger partial charge on any atom is -0.237 e. The first-order valence-corrected chi connectivity index (χ1v) is 4.82. The van der Waals surface area contributed by atoms with Crippen molar-refractivity contribution in [1.82, 2.24) is 15.0 Å². The van der Waals surface area contributed by atoms with Gasteiger partial charge < -0.3 is 0 Å². The van der Waals surface area contributed by atoms with Crippen LogP contribution in [0.3, 0.4) is 0 Å². The third-order valence-corrected chi connectivity index (χ3v) is 2.19. The number of hydrogen-bond acceptors (Lipinski definition) is 3. The molecule has 0 aliphatic carbocycles. The van der Waals surface area contributed by atoms with Gasteiger partial charge in [-0.3, -0.25) is 0 Å². The molecule has 2 rings (SSSR count). The summed E-state index contributed by atoms with van der Waals surface area (Å²) in [5.74, 6) is -0.510. The third-order valence-electron chi connectivity index (χ3n) is 2.19. The fraction of sp³-hybridized carbons (Fsp3) is 0.182. The van der Waals surface area contributed by atoms with E-state index in [0.717, 1.165) is 12.1 Å². The van der Waals surface area contributed by atoms with Gasteiger partial charge in [0.1, 0.15) is 5.69 Å². The van der Waals surface area contributed by atoms with E-state index < -0.39 is 12.4 Å². The molecule has 88 valence electrons. The summed E-state index contributed by atoms with van der Waals surface area (Å²) >= 11 is 0. The summed E-state index contributed by atoms with van der Waals surface area (Å²) in [6, 6.07) is 3.70. The highest BCUT2D eigenvalue weighted by Gasteiger charge is 2.12. The van der Waals surface area contributed by atoms with E-state index >= 15 is 0 Å². The molecule has 2 aromatic heterocycles. The van der Waals surface area contributed by atoms with Gasteiger partial charge in [-0.15, -0.1) is 0 Å². The lowest BCUT2D eigenvalue weighted by Crippen LogP contribution is -1.98. The van der Waals surface area contributed by atoms with Crippen molar-refractivity contribution < 1.29 is 13.2 Å². The maximum absolute atomic E-state index is 12.8. The highest BCUT2D eigenvalue weighted by Crippen LogP contribution is 2.21. The zero-order valence-corrected chi connectivity index (χ0v) is 8.86. The summed E-state index contributed by atoms with van der Waals surface area (Å²) in [6.07, 6.45) is -1.42. The van der Waals surface area contributed by atoms with Gasteiger partial charge in [-0.25, -0.2) is 23.7 Å². The minimum absolute atomic E-state index is 0.118. The van der Waals surface area contributed by atoms with Crippen molar-refractivity contribution in [3.63, 3.8) is 0 Å². The Morgan fingerprint density at radius 1 is 1.12 bits per heavy atom. The van der Waals surface area contributed by atoms with E-state index in [0.29, 0.717) is 11.3 Å². The Morgan fingerprint density at radius 2 is 1.88 bits per heavy atom. The Kier molecular flexibility index (Phi) is 3.03. The van der Waals surface area contributed by atoms with Crippen LogP contribution in [0.4, 0.5) is 13.2 Å². The van der Waals surface area contributed by atoms with Crippen LogP contribution in [0.1, 0.15) is 17.8 Å². The lowest BCUT2D eigenvalue weighted by atomic mass is 10.2. The number of aryl methyl sites for hydroxylation is 1. The topological polar surface area (TPSA) is 38.7 Å². The molecular formula is C11H8F3N3. The number of alkyl halides is 2. The Morgan fingerprint density at radius 3 is 2.53 bits per heavy atom. The van der Waals surface area contributed by atoms with Crippen LogP contribution in [0.25, 0.3) is 11.4 Å². The number of aromatic nitrogens is 3. The van der Waals surface area contributed by atoms with E-state index in [4.69, 9.17) is 0 Å². The Labute approximate surface area is 95.4 Å². The summed E-state index contributed by atoms with van der Waals surface area (Å²) in [5, 5.41) is 0. The summed E-state index contributed by atoms with van der Waals surface area (Å²) in [4.78, 5) is 11.2. The number of halogens is 3. The third kappa shape index (κ3) is 2.41. The summed E-state index contributed by atoms with van der Waals surface area (Å²) < 4.78 is 37.7. The van der Waals surface area contributed by atoms with Gasteiger partial charge in [0, 0.05) is 11.8 Å². The van der Waals surface area contributed by atoms with E-state index in [9.17, 15) is 13.2 Å². The number of hydrogen-bond donors (Lipinski definition) is 0. The van der Waals surface area contributed by atoms with Gasteiger partial charge >= 0.3 is 0 Å². The quantitative estimate of drug-likeness (QED) is 0.756. The molecule has 0 radical (unpaired) electrons. The van der Waals surface area contributed by atoms with Crippen LogP contribution >= 0.6 is 0 Å². The molecule has 0 unspecified atom stereocenters. The van der Waals surface area contributed by atoms with Gasteiger partial charge in [0.15, 0.2) is 5.82 Å². The second-order valence-electron chi connectivity index (χ2n) is 3.37. The molecule has 0 fully saturated rings. The second kappa shape index (κ2) is 4.48. The molecular weight excluding hydrogens is 231 g/mol. The lowest BCUT2D eigenvalue weighted by molar-refractivity contribution is 0.146. The monoisotopic (exact) mass is 239 g/mol. The molecule has 0 amide bonds. The van der Waals surface area contributed by atoms with Gasteiger partial charge in [0.2, 0.25) is 5.95 Å². The number of rotatable bonds is 2.